The van der Waals surface area contributed by atoms with Crippen LogP contribution in [0.15, 0.2) is 10.9 Å². The third kappa shape index (κ3) is 3.44. The van der Waals surface area contributed by atoms with Crippen LogP contribution in [0, 0.1) is 0 Å². The molecule has 1 aliphatic carbocycles. The predicted octanol–water partition coefficient (Wildman–Crippen LogP) is 0.569. The van der Waals surface area contributed by atoms with Crippen LogP contribution >= 0.6 is 0 Å². The van der Waals surface area contributed by atoms with E-state index in [-0.39, 0.29) is 36.6 Å². The molecule has 1 amide bonds. The number of carbonyl (C=O) groups excluding carboxylic acids is 1. The lowest BCUT2D eigenvalue weighted by Gasteiger charge is -2.32. The Kier molecular flexibility index (Phi) is 4.47. The summed E-state index contributed by atoms with van der Waals surface area (Å²) >= 11 is 0. The van der Waals surface area contributed by atoms with Gasteiger partial charge in [-0.3, -0.25) is 14.4 Å². The van der Waals surface area contributed by atoms with Gasteiger partial charge in [0.05, 0.1) is 19.1 Å². The highest BCUT2D eigenvalue weighted by Crippen LogP contribution is 2.19. The van der Waals surface area contributed by atoms with Crippen LogP contribution in [-0.2, 0) is 22.4 Å². The quantitative estimate of drug-likeness (QED) is 0.848. The number of carboxylic acid groups (broad SMARTS) is 1. The van der Waals surface area contributed by atoms with Crippen molar-refractivity contribution in [2.24, 2.45) is 0 Å². The molecule has 1 atom stereocenters. The number of nitrogens with zero attached hydrogens (tertiary/aromatic N) is 1. The minimum Gasteiger partial charge on any atom is -0.481 e. The molecule has 0 aromatic carbocycles. The van der Waals surface area contributed by atoms with Crippen LogP contribution in [0.1, 0.15) is 40.9 Å². The van der Waals surface area contributed by atoms with E-state index in [1.54, 1.807) is 6.07 Å². The molecule has 1 fully saturated rings. The summed E-state index contributed by atoms with van der Waals surface area (Å²) in [7, 11) is 0. The number of aromatic amines is 1. The van der Waals surface area contributed by atoms with E-state index in [4.69, 9.17) is 9.84 Å². The summed E-state index contributed by atoms with van der Waals surface area (Å²) in [5, 5.41) is 8.85. The number of nitrogens with one attached hydrogen (secondary N) is 1. The second-order valence-corrected chi connectivity index (χ2v) is 6.06. The van der Waals surface area contributed by atoms with E-state index < -0.39 is 12.1 Å². The van der Waals surface area contributed by atoms with E-state index in [9.17, 15) is 14.4 Å². The van der Waals surface area contributed by atoms with Crippen molar-refractivity contribution in [3.63, 3.8) is 0 Å². The molecule has 0 spiro atoms. The molecule has 1 aromatic rings. The molecule has 7 nitrogen and oxygen atoms in total. The zero-order chi connectivity index (χ0) is 16.4. The van der Waals surface area contributed by atoms with Gasteiger partial charge in [0.2, 0.25) is 0 Å². The number of carbonyl (C=O) groups is 2. The minimum absolute atomic E-state index is 0.140. The third-order valence-electron chi connectivity index (χ3n) is 4.40. The van der Waals surface area contributed by atoms with E-state index >= 15 is 0 Å². The second-order valence-electron chi connectivity index (χ2n) is 6.06. The minimum atomic E-state index is -0.962. The Morgan fingerprint density at radius 1 is 1.35 bits per heavy atom. The first-order valence-electron chi connectivity index (χ1n) is 7.92. The number of ether oxygens (including phenoxy) is 1. The highest BCUT2D eigenvalue weighted by molar-refractivity contribution is 5.94. The molecule has 3 rings (SSSR count). The number of aliphatic carboxylic acids is 1. The number of hydrogen-bond donors (Lipinski definition) is 2. The van der Waals surface area contributed by atoms with E-state index in [1.165, 1.54) is 4.90 Å². The standard InChI is InChI=1S/C16H20N2O5/c19-14(20)8-11-9-18(5-6-23-11)16(22)12-7-10-3-1-2-4-13(10)17-15(12)21/h7,11H,1-6,8-9H2,(H,17,21)(H,19,20). The van der Waals surface area contributed by atoms with Gasteiger partial charge in [-0.05, 0) is 37.3 Å². The first kappa shape index (κ1) is 15.7. The van der Waals surface area contributed by atoms with E-state index in [0.29, 0.717) is 6.54 Å². The normalized spacial score (nSPS) is 20.9. The molecule has 1 unspecified atom stereocenters. The van der Waals surface area contributed by atoms with Crippen LogP contribution in [0.3, 0.4) is 0 Å². The number of amides is 1. The largest absolute Gasteiger partial charge is 0.481 e. The van der Waals surface area contributed by atoms with Gasteiger partial charge >= 0.3 is 5.97 Å². The van der Waals surface area contributed by atoms with Gasteiger partial charge < -0.3 is 19.7 Å². The van der Waals surface area contributed by atoms with Crippen LogP contribution in [0.4, 0.5) is 0 Å². The van der Waals surface area contributed by atoms with Crippen molar-refractivity contribution >= 4 is 11.9 Å². The van der Waals surface area contributed by atoms with Crippen molar-refractivity contribution in [3.8, 4) is 0 Å². The Morgan fingerprint density at radius 3 is 2.91 bits per heavy atom. The number of pyridine rings is 1. The zero-order valence-corrected chi connectivity index (χ0v) is 12.8. The first-order valence-corrected chi connectivity index (χ1v) is 7.92. The molecule has 0 radical (unpaired) electrons. The third-order valence-corrected chi connectivity index (χ3v) is 4.40. The Morgan fingerprint density at radius 2 is 2.13 bits per heavy atom. The SMILES string of the molecule is O=C(O)CC1CN(C(=O)c2cc3c([nH]c2=O)CCCC3)CCO1. The van der Waals surface area contributed by atoms with E-state index in [0.717, 1.165) is 36.9 Å². The molecule has 0 bridgehead atoms. The number of fused-ring (bicyclic) bond motifs is 1. The lowest BCUT2D eigenvalue weighted by atomic mass is 9.95. The van der Waals surface area contributed by atoms with Gasteiger partial charge in [-0.1, -0.05) is 0 Å². The summed E-state index contributed by atoms with van der Waals surface area (Å²) in [6.45, 7) is 0.847. The van der Waals surface area contributed by atoms with Gasteiger partial charge in [-0.25, -0.2) is 0 Å². The van der Waals surface area contributed by atoms with Gasteiger partial charge in [-0.15, -0.1) is 0 Å². The van der Waals surface area contributed by atoms with Gasteiger partial charge in [0.25, 0.3) is 11.5 Å². The summed E-state index contributed by atoms with van der Waals surface area (Å²) in [4.78, 5) is 40.0. The topological polar surface area (TPSA) is 99.7 Å². The monoisotopic (exact) mass is 320 g/mol. The van der Waals surface area contributed by atoms with E-state index in [1.807, 2.05) is 0 Å². The molecule has 2 N–H and O–H groups in total. The van der Waals surface area contributed by atoms with E-state index in [2.05, 4.69) is 4.98 Å². The number of hydrogen-bond acceptors (Lipinski definition) is 4. The fourth-order valence-corrected chi connectivity index (χ4v) is 3.23. The molecule has 1 aromatic heterocycles. The zero-order valence-electron chi connectivity index (χ0n) is 12.8. The van der Waals surface area contributed by atoms with Gasteiger partial charge in [0.15, 0.2) is 0 Å². The summed E-state index contributed by atoms with van der Waals surface area (Å²) in [6, 6.07) is 1.71. The Bertz CT molecular complexity index is 682. The molecule has 1 aliphatic heterocycles. The van der Waals surface area contributed by atoms with Crippen LogP contribution in [0.25, 0.3) is 0 Å². The average Bonchev–Trinajstić information content (AvgIpc) is 2.53. The van der Waals surface area contributed by atoms with Crippen molar-refractivity contribution in [1.29, 1.82) is 0 Å². The second kappa shape index (κ2) is 6.54. The Labute approximate surface area is 133 Å². The molecule has 2 heterocycles. The number of aromatic nitrogens is 1. The maximum Gasteiger partial charge on any atom is 0.306 e. The van der Waals surface area contributed by atoms with Crippen molar-refractivity contribution in [2.75, 3.05) is 19.7 Å². The van der Waals surface area contributed by atoms with Gasteiger partial charge in [0.1, 0.15) is 5.56 Å². The predicted molar refractivity (Wildman–Crippen MR) is 81.6 cm³/mol. The smallest absolute Gasteiger partial charge is 0.306 e. The molecule has 7 heteroatoms. The molecule has 2 aliphatic rings. The average molecular weight is 320 g/mol. The van der Waals surface area contributed by atoms with Crippen LogP contribution in [-0.4, -0.2) is 52.7 Å². The molecule has 23 heavy (non-hydrogen) atoms. The van der Waals surface area contributed by atoms with Crippen molar-refractivity contribution in [3.05, 3.63) is 33.2 Å². The van der Waals surface area contributed by atoms with Crippen LogP contribution < -0.4 is 5.56 Å². The molecular formula is C16H20N2O5. The summed E-state index contributed by atoms with van der Waals surface area (Å²) in [5.74, 6) is -1.31. The van der Waals surface area contributed by atoms with Crippen molar-refractivity contribution < 1.29 is 19.4 Å². The maximum atomic E-state index is 12.6. The highest BCUT2D eigenvalue weighted by Gasteiger charge is 2.28. The number of carboxylic acids is 1. The van der Waals surface area contributed by atoms with Gasteiger partial charge in [0, 0.05) is 18.8 Å². The number of rotatable bonds is 3. The number of H-pyrrole nitrogens is 1. The Hall–Kier alpha value is -2.15. The first-order chi connectivity index (χ1) is 11.0. The highest BCUT2D eigenvalue weighted by atomic mass is 16.5. The molecule has 0 saturated carbocycles. The molecular weight excluding hydrogens is 300 g/mol. The van der Waals surface area contributed by atoms with Crippen molar-refractivity contribution in [2.45, 2.75) is 38.2 Å². The lowest BCUT2D eigenvalue weighted by Crippen LogP contribution is -2.47. The fourth-order valence-electron chi connectivity index (χ4n) is 3.23. The van der Waals surface area contributed by atoms with Crippen LogP contribution in [0.2, 0.25) is 0 Å². The van der Waals surface area contributed by atoms with Crippen LogP contribution in [0.5, 0.6) is 0 Å². The maximum absolute atomic E-state index is 12.6. The summed E-state index contributed by atoms with van der Waals surface area (Å²) in [6.07, 6.45) is 3.15. The Balaban J connectivity index is 1.80. The lowest BCUT2D eigenvalue weighted by molar-refractivity contribution is -0.141. The molecule has 124 valence electrons. The van der Waals surface area contributed by atoms with Crippen molar-refractivity contribution in [1.82, 2.24) is 9.88 Å². The van der Waals surface area contributed by atoms with Gasteiger partial charge in [-0.2, -0.15) is 0 Å². The fraction of sp³-hybridized carbons (Fsp3) is 0.562. The summed E-state index contributed by atoms with van der Waals surface area (Å²) < 4.78 is 5.37. The summed E-state index contributed by atoms with van der Waals surface area (Å²) in [5.41, 5.74) is 1.75. The number of morpholine rings is 1. The molecule has 1 saturated heterocycles. The number of aryl methyl sites for hydroxylation is 2.